The summed E-state index contributed by atoms with van der Waals surface area (Å²) in [5.41, 5.74) is 1.79. The zero-order chi connectivity index (χ0) is 15.5. The van der Waals surface area contributed by atoms with Crippen molar-refractivity contribution in [3.63, 3.8) is 0 Å². The van der Waals surface area contributed by atoms with Crippen molar-refractivity contribution in [1.82, 2.24) is 0 Å². The van der Waals surface area contributed by atoms with E-state index in [0.717, 1.165) is 32.2 Å². The maximum Gasteiger partial charge on any atom is 0.335 e. The van der Waals surface area contributed by atoms with Crippen LogP contribution in [-0.4, -0.2) is 37.3 Å². The van der Waals surface area contributed by atoms with Gasteiger partial charge in [0, 0.05) is 37.6 Å². The van der Waals surface area contributed by atoms with E-state index in [9.17, 15) is 9.18 Å². The zero-order valence-corrected chi connectivity index (χ0v) is 12.1. The Morgan fingerprint density at radius 3 is 2.09 bits per heavy atom. The molecule has 0 saturated carbocycles. The Morgan fingerprint density at radius 2 is 1.50 bits per heavy atom. The topological polar surface area (TPSA) is 43.8 Å². The van der Waals surface area contributed by atoms with Crippen LogP contribution in [0.5, 0.6) is 0 Å². The molecule has 0 radical (unpaired) electrons. The smallest absolute Gasteiger partial charge is 0.335 e. The minimum atomic E-state index is -1.11. The highest BCUT2D eigenvalue weighted by atomic mass is 19.1. The molecule has 1 fully saturated rings. The SMILES string of the molecule is O=C(O)c1cc(F)cc(N2CCN(c3ccccc3)CC2)c1. The van der Waals surface area contributed by atoms with E-state index in [1.54, 1.807) is 0 Å². The predicted molar refractivity (Wildman–Crippen MR) is 84.2 cm³/mol. The molecule has 0 spiro atoms. The average molecular weight is 300 g/mol. The lowest BCUT2D eigenvalue weighted by Crippen LogP contribution is -2.46. The van der Waals surface area contributed by atoms with Gasteiger partial charge in [-0.1, -0.05) is 18.2 Å². The summed E-state index contributed by atoms with van der Waals surface area (Å²) in [6.07, 6.45) is 0. The number of nitrogens with zero attached hydrogens (tertiary/aromatic N) is 2. The maximum absolute atomic E-state index is 13.6. The summed E-state index contributed by atoms with van der Waals surface area (Å²) in [6, 6.07) is 14.1. The van der Waals surface area contributed by atoms with Crippen molar-refractivity contribution in [3.05, 3.63) is 59.9 Å². The highest BCUT2D eigenvalue weighted by molar-refractivity contribution is 5.88. The molecule has 114 valence electrons. The third-order valence-corrected chi connectivity index (χ3v) is 3.90. The highest BCUT2D eigenvalue weighted by Crippen LogP contribution is 2.22. The number of carboxylic acids is 1. The molecule has 0 amide bonds. The first-order valence-electron chi connectivity index (χ1n) is 7.22. The van der Waals surface area contributed by atoms with Gasteiger partial charge in [0.25, 0.3) is 0 Å². The molecule has 4 nitrogen and oxygen atoms in total. The van der Waals surface area contributed by atoms with Crippen molar-refractivity contribution in [2.45, 2.75) is 0 Å². The molecule has 1 aliphatic rings. The molecule has 3 rings (SSSR count). The van der Waals surface area contributed by atoms with E-state index in [2.05, 4.69) is 17.0 Å². The van der Waals surface area contributed by atoms with Gasteiger partial charge in [0.2, 0.25) is 0 Å². The van der Waals surface area contributed by atoms with Crippen LogP contribution in [0.3, 0.4) is 0 Å². The van der Waals surface area contributed by atoms with Crippen molar-refractivity contribution < 1.29 is 14.3 Å². The summed E-state index contributed by atoms with van der Waals surface area (Å²) in [5.74, 6) is -1.62. The predicted octanol–water partition coefficient (Wildman–Crippen LogP) is 2.85. The lowest BCUT2D eigenvalue weighted by atomic mass is 10.1. The number of para-hydroxylation sites is 1. The van der Waals surface area contributed by atoms with Crippen molar-refractivity contribution in [1.29, 1.82) is 0 Å². The molecule has 22 heavy (non-hydrogen) atoms. The summed E-state index contributed by atoms with van der Waals surface area (Å²) in [7, 11) is 0. The Balaban J connectivity index is 1.73. The molecule has 1 N–H and O–H groups in total. The molecule has 5 heteroatoms. The molecule has 2 aromatic rings. The summed E-state index contributed by atoms with van der Waals surface area (Å²) in [4.78, 5) is 15.3. The average Bonchev–Trinajstić information content (AvgIpc) is 2.55. The first kappa shape index (κ1) is 14.4. The molecular formula is C17H17FN2O2. The van der Waals surface area contributed by atoms with Gasteiger partial charge >= 0.3 is 5.97 Å². The standard InChI is InChI=1S/C17H17FN2O2/c18-14-10-13(17(21)22)11-16(12-14)20-8-6-19(7-9-20)15-4-2-1-3-5-15/h1-5,10-12H,6-9H2,(H,21,22). The van der Waals surface area contributed by atoms with Gasteiger partial charge in [0.1, 0.15) is 5.82 Å². The first-order chi connectivity index (χ1) is 10.6. The number of anilines is 2. The van der Waals surface area contributed by atoms with Crippen LogP contribution in [0.15, 0.2) is 48.5 Å². The fourth-order valence-corrected chi connectivity index (χ4v) is 2.74. The molecule has 0 aromatic heterocycles. The number of hydrogen-bond acceptors (Lipinski definition) is 3. The fourth-order valence-electron chi connectivity index (χ4n) is 2.74. The van der Waals surface area contributed by atoms with Crippen LogP contribution < -0.4 is 9.80 Å². The van der Waals surface area contributed by atoms with Gasteiger partial charge in [-0.3, -0.25) is 0 Å². The minimum absolute atomic E-state index is 0.0134. The van der Waals surface area contributed by atoms with E-state index in [1.807, 2.05) is 23.1 Å². The Morgan fingerprint density at radius 1 is 0.909 bits per heavy atom. The maximum atomic E-state index is 13.6. The van der Waals surface area contributed by atoms with Crippen LogP contribution in [0.4, 0.5) is 15.8 Å². The van der Waals surface area contributed by atoms with Gasteiger partial charge in [-0.05, 0) is 30.3 Å². The third kappa shape index (κ3) is 3.03. The summed E-state index contributed by atoms with van der Waals surface area (Å²) >= 11 is 0. The lowest BCUT2D eigenvalue weighted by molar-refractivity contribution is 0.0696. The van der Waals surface area contributed by atoms with Crippen molar-refractivity contribution in [2.75, 3.05) is 36.0 Å². The minimum Gasteiger partial charge on any atom is -0.478 e. The Hall–Kier alpha value is -2.56. The van der Waals surface area contributed by atoms with E-state index in [1.165, 1.54) is 17.8 Å². The van der Waals surface area contributed by atoms with E-state index < -0.39 is 11.8 Å². The second kappa shape index (κ2) is 6.05. The highest BCUT2D eigenvalue weighted by Gasteiger charge is 2.19. The van der Waals surface area contributed by atoms with E-state index in [4.69, 9.17) is 5.11 Å². The van der Waals surface area contributed by atoms with Gasteiger partial charge in [0.15, 0.2) is 0 Å². The largest absolute Gasteiger partial charge is 0.478 e. The number of benzene rings is 2. The van der Waals surface area contributed by atoms with Gasteiger partial charge in [-0.15, -0.1) is 0 Å². The first-order valence-corrected chi connectivity index (χ1v) is 7.22. The third-order valence-electron chi connectivity index (χ3n) is 3.90. The molecule has 1 heterocycles. The van der Waals surface area contributed by atoms with Gasteiger partial charge in [0.05, 0.1) is 5.56 Å². The number of rotatable bonds is 3. The van der Waals surface area contributed by atoms with Crippen molar-refractivity contribution in [3.8, 4) is 0 Å². The van der Waals surface area contributed by atoms with Crippen molar-refractivity contribution in [2.24, 2.45) is 0 Å². The summed E-state index contributed by atoms with van der Waals surface area (Å²) in [5, 5.41) is 9.03. The van der Waals surface area contributed by atoms with Crippen LogP contribution in [0, 0.1) is 5.82 Å². The molecular weight excluding hydrogens is 283 g/mol. The number of piperazine rings is 1. The van der Waals surface area contributed by atoms with Gasteiger partial charge in [-0.25, -0.2) is 9.18 Å². The van der Waals surface area contributed by atoms with Crippen LogP contribution in [0.25, 0.3) is 0 Å². The van der Waals surface area contributed by atoms with Crippen LogP contribution in [0.2, 0.25) is 0 Å². The van der Waals surface area contributed by atoms with Gasteiger partial charge in [-0.2, -0.15) is 0 Å². The molecule has 0 aliphatic carbocycles. The van der Waals surface area contributed by atoms with Crippen LogP contribution in [0.1, 0.15) is 10.4 Å². The normalized spacial score (nSPS) is 15.0. The van der Waals surface area contributed by atoms with Crippen LogP contribution in [-0.2, 0) is 0 Å². The number of aromatic carboxylic acids is 1. The molecule has 0 atom stereocenters. The summed E-state index contributed by atoms with van der Waals surface area (Å²) in [6.45, 7) is 3.11. The molecule has 2 aromatic carbocycles. The molecule has 1 saturated heterocycles. The second-order valence-corrected chi connectivity index (χ2v) is 5.31. The number of hydrogen-bond donors (Lipinski definition) is 1. The number of carboxylic acid groups (broad SMARTS) is 1. The Kier molecular flexibility index (Phi) is 3.96. The number of carbonyl (C=O) groups is 1. The Labute approximate surface area is 128 Å². The van der Waals surface area contributed by atoms with Crippen molar-refractivity contribution >= 4 is 17.3 Å². The molecule has 0 bridgehead atoms. The zero-order valence-electron chi connectivity index (χ0n) is 12.1. The van der Waals surface area contributed by atoms with Crippen LogP contribution >= 0.6 is 0 Å². The monoisotopic (exact) mass is 300 g/mol. The fraction of sp³-hybridized carbons (Fsp3) is 0.235. The van der Waals surface area contributed by atoms with E-state index >= 15 is 0 Å². The molecule has 0 unspecified atom stereocenters. The lowest BCUT2D eigenvalue weighted by Gasteiger charge is -2.37. The van der Waals surface area contributed by atoms with Gasteiger partial charge < -0.3 is 14.9 Å². The quantitative estimate of drug-likeness (QED) is 0.946. The Bertz CT molecular complexity index is 668. The van der Waals surface area contributed by atoms with E-state index in [0.29, 0.717) is 5.69 Å². The summed E-state index contributed by atoms with van der Waals surface area (Å²) < 4.78 is 13.6. The number of halogens is 1. The molecule has 1 aliphatic heterocycles. The van der Waals surface area contributed by atoms with E-state index in [-0.39, 0.29) is 5.56 Å². The second-order valence-electron chi connectivity index (χ2n) is 5.31.